The van der Waals surface area contributed by atoms with Gasteiger partial charge in [-0.3, -0.25) is 4.79 Å². The summed E-state index contributed by atoms with van der Waals surface area (Å²) in [5, 5.41) is 11.4. The van der Waals surface area contributed by atoms with E-state index in [1.54, 1.807) is 7.11 Å². The lowest BCUT2D eigenvalue weighted by Crippen LogP contribution is -2.33. The molecule has 0 aliphatic heterocycles. The fourth-order valence-electron chi connectivity index (χ4n) is 0.990. The Labute approximate surface area is 79.3 Å². The lowest BCUT2D eigenvalue weighted by molar-refractivity contribution is -0.122. The normalized spacial score (nSPS) is 12.5. The molecule has 78 valence electrons. The van der Waals surface area contributed by atoms with Gasteiger partial charge in [-0.2, -0.15) is 0 Å². The van der Waals surface area contributed by atoms with Crippen LogP contribution in [0.3, 0.4) is 0 Å². The number of aliphatic hydroxyl groups is 1. The van der Waals surface area contributed by atoms with Crippen molar-refractivity contribution in [2.45, 2.75) is 32.2 Å². The molecule has 0 bridgehead atoms. The van der Waals surface area contributed by atoms with Crippen LogP contribution in [0.2, 0.25) is 0 Å². The number of nitrogens with one attached hydrogen (secondary N) is 1. The van der Waals surface area contributed by atoms with Gasteiger partial charge in [-0.15, -0.1) is 0 Å². The first kappa shape index (κ1) is 12.4. The van der Waals surface area contributed by atoms with Gasteiger partial charge in [0.05, 0.1) is 0 Å². The third-order valence-electron chi connectivity index (χ3n) is 1.72. The zero-order valence-electron chi connectivity index (χ0n) is 8.38. The second kappa shape index (κ2) is 8.01. The van der Waals surface area contributed by atoms with Gasteiger partial charge in [-0.1, -0.05) is 0 Å². The Kier molecular flexibility index (Phi) is 7.63. The highest BCUT2D eigenvalue weighted by molar-refractivity contribution is 5.76. The van der Waals surface area contributed by atoms with Crippen LogP contribution < -0.4 is 5.32 Å². The van der Waals surface area contributed by atoms with Crippen LogP contribution in [0.4, 0.5) is 0 Å². The molecule has 0 saturated heterocycles. The van der Waals surface area contributed by atoms with Crippen molar-refractivity contribution < 1.29 is 14.6 Å². The second-order valence-corrected chi connectivity index (χ2v) is 3.08. The molecule has 0 spiro atoms. The summed E-state index contributed by atoms with van der Waals surface area (Å²) in [6.45, 7) is 2.60. The highest BCUT2D eigenvalue weighted by Gasteiger charge is 2.05. The van der Waals surface area contributed by atoms with Gasteiger partial charge < -0.3 is 15.2 Å². The minimum absolute atomic E-state index is 0.0259. The van der Waals surface area contributed by atoms with Crippen LogP contribution >= 0.6 is 0 Å². The van der Waals surface area contributed by atoms with Crippen molar-refractivity contribution in [1.82, 2.24) is 5.32 Å². The Bertz CT molecular complexity index is 139. The van der Waals surface area contributed by atoms with E-state index < -0.39 is 0 Å². The molecule has 0 aliphatic carbocycles. The first-order valence-electron chi connectivity index (χ1n) is 4.60. The molecule has 0 saturated carbocycles. The maximum absolute atomic E-state index is 11.2. The highest BCUT2D eigenvalue weighted by atomic mass is 16.5. The number of ether oxygens (including phenoxy) is 1. The molecule has 4 heteroatoms. The average molecular weight is 189 g/mol. The van der Waals surface area contributed by atoms with Crippen LogP contribution in [0.25, 0.3) is 0 Å². The van der Waals surface area contributed by atoms with Crippen molar-refractivity contribution in [1.29, 1.82) is 0 Å². The third-order valence-corrected chi connectivity index (χ3v) is 1.72. The number of hydrogen-bond acceptors (Lipinski definition) is 3. The average Bonchev–Trinajstić information content (AvgIpc) is 2.05. The number of aliphatic hydroxyl groups excluding tert-OH is 1. The van der Waals surface area contributed by atoms with Gasteiger partial charge in [0.15, 0.2) is 0 Å². The van der Waals surface area contributed by atoms with Gasteiger partial charge in [0.25, 0.3) is 0 Å². The summed E-state index contributed by atoms with van der Waals surface area (Å²) in [6, 6.07) is 0.0556. The monoisotopic (exact) mass is 189 g/mol. The van der Waals surface area contributed by atoms with Gasteiger partial charge in [-0.25, -0.2) is 0 Å². The summed E-state index contributed by atoms with van der Waals surface area (Å²) in [5.41, 5.74) is 0. The minimum Gasteiger partial charge on any atom is -0.396 e. The molecule has 0 aromatic rings. The fourth-order valence-corrected chi connectivity index (χ4v) is 0.990. The zero-order chi connectivity index (χ0) is 10.1. The van der Waals surface area contributed by atoms with Gasteiger partial charge in [0, 0.05) is 32.8 Å². The molecule has 1 amide bonds. The van der Waals surface area contributed by atoms with E-state index in [1.165, 1.54) is 0 Å². The molecule has 0 heterocycles. The number of amides is 1. The van der Waals surface area contributed by atoms with Gasteiger partial charge in [-0.05, 0) is 19.8 Å². The summed E-state index contributed by atoms with van der Waals surface area (Å²) >= 11 is 0. The van der Waals surface area contributed by atoms with E-state index >= 15 is 0 Å². The fraction of sp³-hybridized carbons (Fsp3) is 0.889. The van der Waals surface area contributed by atoms with E-state index in [4.69, 9.17) is 9.84 Å². The van der Waals surface area contributed by atoms with Crippen molar-refractivity contribution in [3.63, 3.8) is 0 Å². The third kappa shape index (κ3) is 7.74. The van der Waals surface area contributed by atoms with Gasteiger partial charge in [0.2, 0.25) is 5.91 Å². The maximum Gasteiger partial charge on any atom is 0.220 e. The van der Waals surface area contributed by atoms with E-state index in [0.717, 1.165) is 6.42 Å². The van der Waals surface area contributed by atoms with Gasteiger partial charge >= 0.3 is 0 Å². The predicted molar refractivity (Wildman–Crippen MR) is 50.4 cm³/mol. The summed E-state index contributed by atoms with van der Waals surface area (Å²) in [7, 11) is 1.62. The molecule has 0 aromatic carbocycles. The van der Waals surface area contributed by atoms with Crippen molar-refractivity contribution in [2.24, 2.45) is 0 Å². The van der Waals surface area contributed by atoms with Crippen LogP contribution in [0, 0.1) is 0 Å². The molecule has 0 aliphatic rings. The quantitative estimate of drug-likeness (QED) is 0.566. The molecule has 4 nitrogen and oxygen atoms in total. The highest BCUT2D eigenvalue weighted by Crippen LogP contribution is 1.93. The Balaban J connectivity index is 3.38. The first-order valence-corrected chi connectivity index (χ1v) is 4.60. The lowest BCUT2D eigenvalue weighted by atomic mass is 10.2. The van der Waals surface area contributed by atoms with E-state index in [9.17, 15) is 4.79 Å². The Hall–Kier alpha value is -0.610. The zero-order valence-corrected chi connectivity index (χ0v) is 8.38. The molecule has 1 unspecified atom stereocenters. The standard InChI is InChI=1S/C9H19NO3/c1-8(5-6-11)10-9(12)4-3-7-13-2/h8,11H,3-7H2,1-2H3,(H,10,12). The molecule has 0 fully saturated rings. The number of carbonyl (C=O) groups is 1. The summed E-state index contributed by atoms with van der Waals surface area (Å²) in [6.07, 6.45) is 1.84. The van der Waals surface area contributed by atoms with Crippen LogP contribution in [-0.4, -0.2) is 37.4 Å². The Morgan fingerprint density at radius 1 is 1.62 bits per heavy atom. The van der Waals surface area contributed by atoms with E-state index in [1.807, 2.05) is 6.92 Å². The molecular formula is C9H19NO3. The topological polar surface area (TPSA) is 58.6 Å². The maximum atomic E-state index is 11.2. The van der Waals surface area contributed by atoms with Crippen LogP contribution in [-0.2, 0) is 9.53 Å². The molecule has 1 atom stereocenters. The molecule has 2 N–H and O–H groups in total. The molecule has 0 rings (SSSR count). The SMILES string of the molecule is COCCCC(=O)NC(C)CCO. The van der Waals surface area contributed by atoms with Crippen molar-refractivity contribution >= 4 is 5.91 Å². The van der Waals surface area contributed by atoms with E-state index in [2.05, 4.69) is 5.32 Å². The van der Waals surface area contributed by atoms with E-state index in [0.29, 0.717) is 19.4 Å². The predicted octanol–water partition coefficient (Wildman–Crippen LogP) is 0.300. The van der Waals surface area contributed by atoms with Crippen LogP contribution in [0.5, 0.6) is 0 Å². The lowest BCUT2D eigenvalue weighted by Gasteiger charge is -2.11. The first-order chi connectivity index (χ1) is 6.20. The summed E-state index contributed by atoms with van der Waals surface area (Å²) < 4.78 is 4.82. The smallest absolute Gasteiger partial charge is 0.220 e. The molecular weight excluding hydrogens is 170 g/mol. The largest absolute Gasteiger partial charge is 0.396 e. The van der Waals surface area contributed by atoms with Crippen LogP contribution in [0.1, 0.15) is 26.2 Å². The number of carbonyl (C=O) groups excluding carboxylic acids is 1. The molecule has 13 heavy (non-hydrogen) atoms. The number of rotatable bonds is 7. The second-order valence-electron chi connectivity index (χ2n) is 3.08. The summed E-state index contributed by atoms with van der Waals surface area (Å²) in [5.74, 6) is 0.0259. The van der Waals surface area contributed by atoms with E-state index in [-0.39, 0.29) is 18.6 Å². The van der Waals surface area contributed by atoms with Crippen molar-refractivity contribution in [3.8, 4) is 0 Å². The molecule has 0 radical (unpaired) electrons. The van der Waals surface area contributed by atoms with Gasteiger partial charge in [0.1, 0.15) is 0 Å². The Morgan fingerprint density at radius 3 is 2.85 bits per heavy atom. The number of methoxy groups -OCH3 is 1. The summed E-state index contributed by atoms with van der Waals surface area (Å²) in [4.78, 5) is 11.2. The Morgan fingerprint density at radius 2 is 2.31 bits per heavy atom. The van der Waals surface area contributed by atoms with Crippen molar-refractivity contribution in [2.75, 3.05) is 20.3 Å². The van der Waals surface area contributed by atoms with Crippen molar-refractivity contribution in [3.05, 3.63) is 0 Å². The number of hydrogen-bond donors (Lipinski definition) is 2. The van der Waals surface area contributed by atoms with Crippen LogP contribution in [0.15, 0.2) is 0 Å². The minimum atomic E-state index is 0.0259. The molecule has 0 aromatic heterocycles.